The summed E-state index contributed by atoms with van der Waals surface area (Å²) in [4.78, 5) is 2.30. The quantitative estimate of drug-likeness (QED) is 0.801. The Bertz CT molecular complexity index is 553. The smallest absolute Gasteiger partial charge is 0.240 e. The third-order valence-electron chi connectivity index (χ3n) is 3.75. The van der Waals surface area contributed by atoms with Gasteiger partial charge in [-0.1, -0.05) is 6.42 Å². The maximum Gasteiger partial charge on any atom is 0.240 e. The van der Waals surface area contributed by atoms with Crippen molar-refractivity contribution in [2.75, 3.05) is 31.3 Å². The second-order valence-corrected chi connectivity index (χ2v) is 6.99. The Morgan fingerprint density at radius 1 is 1.42 bits per heavy atom. The van der Waals surface area contributed by atoms with E-state index >= 15 is 0 Å². The van der Waals surface area contributed by atoms with Crippen LogP contribution < -0.4 is 15.4 Å². The molecule has 1 aromatic carbocycles. The number of nitrogens with zero attached hydrogens (tertiary/aromatic N) is 1. The lowest BCUT2D eigenvalue weighted by Crippen LogP contribution is -2.30. The van der Waals surface area contributed by atoms with E-state index < -0.39 is 10.0 Å². The average Bonchev–Trinajstić information content (AvgIpc) is 2.33. The van der Waals surface area contributed by atoms with Gasteiger partial charge >= 0.3 is 0 Å². The van der Waals surface area contributed by atoms with E-state index in [1.807, 2.05) is 11.9 Å². The molecule has 1 aliphatic rings. The molecule has 3 N–H and O–H groups in total. The fourth-order valence-electron chi connectivity index (χ4n) is 2.30. The molecule has 5 nitrogen and oxygen atoms in total. The molecular formula is C13H21N3O2S. The molecule has 0 amide bonds. The van der Waals surface area contributed by atoms with Crippen LogP contribution in [0.4, 0.5) is 11.4 Å². The van der Waals surface area contributed by atoms with Crippen LogP contribution in [0.3, 0.4) is 0 Å². The second kappa shape index (κ2) is 5.38. The normalized spacial score (nSPS) is 16.1. The van der Waals surface area contributed by atoms with Crippen LogP contribution in [0, 0.1) is 5.92 Å². The largest absolute Gasteiger partial charge is 0.397 e. The van der Waals surface area contributed by atoms with Crippen LogP contribution in [0.1, 0.15) is 19.3 Å². The highest BCUT2D eigenvalue weighted by Gasteiger charge is 2.21. The number of rotatable bonds is 5. The van der Waals surface area contributed by atoms with Gasteiger partial charge in [0.05, 0.1) is 16.3 Å². The number of nitrogens with one attached hydrogen (secondary N) is 1. The molecule has 6 heteroatoms. The highest BCUT2D eigenvalue weighted by atomic mass is 32.2. The maximum atomic E-state index is 11.8. The minimum atomic E-state index is -3.42. The zero-order chi connectivity index (χ0) is 14.0. The summed E-state index contributed by atoms with van der Waals surface area (Å²) < 4.78 is 25.9. The van der Waals surface area contributed by atoms with Crippen molar-refractivity contribution in [1.29, 1.82) is 0 Å². The molecule has 0 atom stereocenters. The summed E-state index contributed by atoms with van der Waals surface area (Å²) in [6.07, 6.45) is 3.79. The van der Waals surface area contributed by atoms with Gasteiger partial charge in [0.1, 0.15) is 0 Å². The number of anilines is 2. The lowest BCUT2D eigenvalue weighted by atomic mass is 9.85. The molecule has 0 aliphatic heterocycles. The Kier molecular flexibility index (Phi) is 4.01. The van der Waals surface area contributed by atoms with Crippen molar-refractivity contribution in [3.8, 4) is 0 Å². The molecule has 106 valence electrons. The fraction of sp³-hybridized carbons (Fsp3) is 0.538. The molecule has 1 aromatic rings. The Labute approximate surface area is 114 Å². The van der Waals surface area contributed by atoms with Crippen LogP contribution >= 0.6 is 0 Å². The molecule has 1 aliphatic carbocycles. The van der Waals surface area contributed by atoms with E-state index in [2.05, 4.69) is 4.72 Å². The Balaban J connectivity index is 2.25. The molecule has 1 saturated carbocycles. The first-order valence-electron chi connectivity index (χ1n) is 6.48. The van der Waals surface area contributed by atoms with Crippen molar-refractivity contribution in [2.45, 2.75) is 24.2 Å². The van der Waals surface area contributed by atoms with E-state index in [4.69, 9.17) is 5.73 Å². The number of hydrogen-bond acceptors (Lipinski definition) is 4. The molecule has 0 heterocycles. The zero-order valence-electron chi connectivity index (χ0n) is 11.4. The molecule has 0 saturated heterocycles. The summed E-state index contributed by atoms with van der Waals surface area (Å²) in [5, 5.41) is 0. The van der Waals surface area contributed by atoms with Crippen molar-refractivity contribution >= 4 is 21.4 Å². The number of nitrogens with two attached hydrogens (primary N) is 1. The second-order valence-electron chi connectivity index (χ2n) is 5.11. The van der Waals surface area contributed by atoms with Crippen LogP contribution in [0.5, 0.6) is 0 Å². The summed E-state index contributed by atoms with van der Waals surface area (Å²) in [6, 6.07) is 4.82. The maximum absolute atomic E-state index is 11.8. The number of nitrogen functional groups attached to an aromatic ring is 1. The van der Waals surface area contributed by atoms with E-state index in [0.29, 0.717) is 11.6 Å². The summed E-state index contributed by atoms with van der Waals surface area (Å²) in [7, 11) is -0.0589. The molecule has 1 fully saturated rings. The predicted octanol–water partition coefficient (Wildman–Crippen LogP) is 1.41. The van der Waals surface area contributed by atoms with E-state index in [0.717, 1.165) is 12.2 Å². The first-order valence-corrected chi connectivity index (χ1v) is 7.96. The molecule has 0 radical (unpaired) electrons. The molecule has 0 spiro atoms. The van der Waals surface area contributed by atoms with Gasteiger partial charge in [-0.3, -0.25) is 0 Å². The van der Waals surface area contributed by atoms with E-state index in [1.54, 1.807) is 12.1 Å². The summed E-state index contributed by atoms with van der Waals surface area (Å²) in [5.41, 5.74) is 7.34. The Morgan fingerprint density at radius 3 is 2.63 bits per heavy atom. The van der Waals surface area contributed by atoms with Crippen LogP contribution in [0.2, 0.25) is 0 Å². The van der Waals surface area contributed by atoms with E-state index in [1.165, 1.54) is 32.4 Å². The first kappa shape index (κ1) is 14.1. The Hall–Kier alpha value is -1.27. The van der Waals surface area contributed by atoms with Crippen molar-refractivity contribution in [3.63, 3.8) is 0 Å². The fourth-order valence-corrected chi connectivity index (χ4v) is 3.05. The monoisotopic (exact) mass is 283 g/mol. The lowest BCUT2D eigenvalue weighted by Gasteiger charge is -2.32. The van der Waals surface area contributed by atoms with Crippen molar-refractivity contribution in [1.82, 2.24) is 4.72 Å². The Morgan fingerprint density at radius 2 is 2.11 bits per heavy atom. The predicted molar refractivity (Wildman–Crippen MR) is 77.7 cm³/mol. The van der Waals surface area contributed by atoms with E-state index in [-0.39, 0.29) is 4.90 Å². The summed E-state index contributed by atoms with van der Waals surface area (Å²) in [5.74, 6) is 0.703. The van der Waals surface area contributed by atoms with Crippen molar-refractivity contribution < 1.29 is 8.42 Å². The highest BCUT2D eigenvalue weighted by molar-refractivity contribution is 7.89. The van der Waals surface area contributed by atoms with Crippen LogP contribution in [-0.2, 0) is 10.0 Å². The van der Waals surface area contributed by atoms with Crippen LogP contribution in [-0.4, -0.2) is 29.1 Å². The van der Waals surface area contributed by atoms with Gasteiger partial charge in [0.25, 0.3) is 0 Å². The van der Waals surface area contributed by atoms with Crippen LogP contribution in [0.15, 0.2) is 23.1 Å². The first-order chi connectivity index (χ1) is 8.94. The average molecular weight is 283 g/mol. The van der Waals surface area contributed by atoms with Gasteiger partial charge in [-0.05, 0) is 44.0 Å². The third kappa shape index (κ3) is 3.01. The SMILES string of the molecule is CNS(=O)(=O)c1ccc(N)c(N(C)CC2CCC2)c1. The van der Waals surface area contributed by atoms with Gasteiger partial charge in [0, 0.05) is 13.6 Å². The molecule has 0 bridgehead atoms. The molecule has 0 aromatic heterocycles. The van der Waals surface area contributed by atoms with Crippen LogP contribution in [0.25, 0.3) is 0 Å². The van der Waals surface area contributed by atoms with Gasteiger partial charge in [0.15, 0.2) is 0 Å². The lowest BCUT2D eigenvalue weighted by molar-refractivity contribution is 0.321. The molecule has 0 unspecified atom stereocenters. The molecule has 19 heavy (non-hydrogen) atoms. The minimum absolute atomic E-state index is 0.250. The third-order valence-corrected chi connectivity index (χ3v) is 5.16. The zero-order valence-corrected chi connectivity index (χ0v) is 12.2. The topological polar surface area (TPSA) is 75.4 Å². The van der Waals surface area contributed by atoms with E-state index in [9.17, 15) is 8.42 Å². The van der Waals surface area contributed by atoms with Gasteiger partial charge < -0.3 is 10.6 Å². The summed E-state index contributed by atoms with van der Waals surface area (Å²) in [6.45, 7) is 0.924. The minimum Gasteiger partial charge on any atom is -0.397 e. The number of sulfonamides is 1. The van der Waals surface area contributed by atoms with Gasteiger partial charge in [-0.25, -0.2) is 13.1 Å². The van der Waals surface area contributed by atoms with Gasteiger partial charge in [-0.2, -0.15) is 0 Å². The summed E-state index contributed by atoms with van der Waals surface area (Å²) >= 11 is 0. The highest BCUT2D eigenvalue weighted by Crippen LogP contribution is 2.31. The van der Waals surface area contributed by atoms with Gasteiger partial charge in [-0.15, -0.1) is 0 Å². The number of hydrogen-bond donors (Lipinski definition) is 2. The standard InChI is InChI=1S/C13H21N3O2S/c1-15-19(17,18)11-6-7-12(14)13(8-11)16(2)9-10-4-3-5-10/h6-8,10,15H,3-5,9,14H2,1-2H3. The van der Waals surface area contributed by atoms with Crippen molar-refractivity contribution in [2.24, 2.45) is 5.92 Å². The van der Waals surface area contributed by atoms with Gasteiger partial charge in [0.2, 0.25) is 10.0 Å². The molecule has 2 rings (SSSR count). The van der Waals surface area contributed by atoms with Crippen molar-refractivity contribution in [3.05, 3.63) is 18.2 Å². The number of benzene rings is 1. The molecular weight excluding hydrogens is 262 g/mol.